The monoisotopic (exact) mass is 396 g/mol. The van der Waals surface area contributed by atoms with Crippen molar-refractivity contribution in [2.24, 2.45) is 0 Å². The first-order chi connectivity index (χ1) is 13.2. The molecule has 0 aliphatic heterocycles. The van der Waals surface area contributed by atoms with Crippen LogP contribution >= 0.6 is 22.7 Å². The van der Waals surface area contributed by atoms with E-state index in [0.29, 0.717) is 11.4 Å². The van der Waals surface area contributed by atoms with E-state index in [1.54, 1.807) is 46.7 Å². The zero-order valence-corrected chi connectivity index (χ0v) is 16.1. The van der Waals surface area contributed by atoms with Gasteiger partial charge in [0, 0.05) is 23.3 Å². The molecule has 0 unspecified atom stereocenters. The Morgan fingerprint density at radius 3 is 2.96 bits per heavy atom. The average Bonchev–Trinajstić information content (AvgIpc) is 3.42. The van der Waals surface area contributed by atoms with Gasteiger partial charge in [0.25, 0.3) is 0 Å². The fraction of sp³-hybridized carbons (Fsp3) is 0.105. The smallest absolute Gasteiger partial charge is 0.244 e. The molecule has 0 radical (unpaired) electrons. The highest BCUT2D eigenvalue weighted by molar-refractivity contribution is 7.15. The third-order valence-corrected chi connectivity index (χ3v) is 5.57. The molecule has 0 fully saturated rings. The number of carbonyl (C=O) groups is 1. The van der Waals surface area contributed by atoms with Gasteiger partial charge in [0.2, 0.25) is 5.91 Å². The van der Waals surface area contributed by atoms with Crippen LogP contribution in [0.25, 0.3) is 21.3 Å². The first kappa shape index (κ1) is 17.4. The summed E-state index contributed by atoms with van der Waals surface area (Å²) in [7, 11) is 1.59. The minimum Gasteiger partial charge on any atom is -0.497 e. The molecule has 0 saturated heterocycles. The zero-order chi connectivity index (χ0) is 18.6. The summed E-state index contributed by atoms with van der Waals surface area (Å²) in [5.74, 6) is 0.564. The fourth-order valence-electron chi connectivity index (χ4n) is 2.55. The van der Waals surface area contributed by atoms with Crippen LogP contribution in [0.2, 0.25) is 0 Å². The first-order valence-corrected chi connectivity index (χ1v) is 9.92. The Morgan fingerprint density at radius 2 is 2.15 bits per heavy atom. The second-order valence-electron chi connectivity index (χ2n) is 5.73. The normalized spacial score (nSPS) is 10.7. The number of aromatic nitrogens is 3. The highest BCUT2D eigenvalue weighted by Crippen LogP contribution is 2.30. The van der Waals surface area contributed by atoms with Crippen LogP contribution in [0.5, 0.6) is 5.75 Å². The lowest BCUT2D eigenvalue weighted by molar-refractivity contribution is -0.116. The van der Waals surface area contributed by atoms with Crippen LogP contribution in [0.4, 0.5) is 5.69 Å². The number of carbonyl (C=O) groups excluding carboxylic acids is 1. The van der Waals surface area contributed by atoms with Gasteiger partial charge in [0.05, 0.1) is 24.0 Å². The zero-order valence-electron chi connectivity index (χ0n) is 14.5. The molecule has 3 aromatic heterocycles. The Hall–Kier alpha value is -2.97. The molecule has 0 aliphatic carbocycles. The fourth-order valence-corrected chi connectivity index (χ4v) is 4.09. The molecule has 6 nitrogen and oxygen atoms in total. The van der Waals surface area contributed by atoms with E-state index in [1.165, 1.54) is 0 Å². The molecule has 4 rings (SSSR count). The molecule has 1 aromatic carbocycles. The summed E-state index contributed by atoms with van der Waals surface area (Å²) in [4.78, 5) is 22.4. The summed E-state index contributed by atoms with van der Waals surface area (Å²) in [5, 5.41) is 7.75. The van der Waals surface area contributed by atoms with Crippen LogP contribution in [-0.2, 0) is 11.3 Å². The molecule has 0 aliphatic rings. The van der Waals surface area contributed by atoms with Gasteiger partial charge in [-0.25, -0.2) is 9.97 Å². The van der Waals surface area contributed by atoms with Gasteiger partial charge in [0.1, 0.15) is 23.0 Å². The number of thiazole rings is 1. The van der Waals surface area contributed by atoms with E-state index in [2.05, 4.69) is 15.3 Å². The number of imidazole rings is 1. The quantitative estimate of drug-likeness (QED) is 0.525. The highest BCUT2D eigenvalue weighted by atomic mass is 32.1. The molecule has 1 N–H and O–H groups in total. The van der Waals surface area contributed by atoms with Crippen LogP contribution in [-0.4, -0.2) is 27.6 Å². The molecular formula is C19H16N4O2S2. The molecule has 0 saturated carbocycles. The standard InChI is InChI=1S/C19H16N4O2S2/c1-25-14-5-2-4-13(8-14)21-18(24)10-23-9-15(20-12-23)19-22-16(11-27-19)17-6-3-7-26-17/h2-9,11-12H,10H2,1H3,(H,21,24). The first-order valence-electron chi connectivity index (χ1n) is 8.17. The van der Waals surface area contributed by atoms with Gasteiger partial charge < -0.3 is 14.6 Å². The second kappa shape index (κ2) is 7.73. The average molecular weight is 396 g/mol. The minimum atomic E-state index is -0.134. The SMILES string of the molecule is COc1cccc(NC(=O)Cn2cnc(-c3nc(-c4cccs4)cs3)c2)c1. The number of hydrogen-bond donors (Lipinski definition) is 1. The summed E-state index contributed by atoms with van der Waals surface area (Å²) in [5.41, 5.74) is 2.41. The number of nitrogens with one attached hydrogen (secondary N) is 1. The van der Waals surface area contributed by atoms with Crippen molar-refractivity contribution in [1.29, 1.82) is 0 Å². The van der Waals surface area contributed by atoms with Crippen molar-refractivity contribution in [2.45, 2.75) is 6.54 Å². The number of benzene rings is 1. The molecule has 3 heterocycles. The van der Waals surface area contributed by atoms with E-state index >= 15 is 0 Å². The van der Waals surface area contributed by atoms with Gasteiger partial charge in [-0.15, -0.1) is 22.7 Å². The van der Waals surface area contributed by atoms with E-state index in [9.17, 15) is 4.79 Å². The maximum atomic E-state index is 12.3. The molecular weight excluding hydrogens is 380 g/mol. The van der Waals surface area contributed by atoms with Gasteiger partial charge in [0.15, 0.2) is 0 Å². The van der Waals surface area contributed by atoms with Crippen molar-refractivity contribution < 1.29 is 9.53 Å². The molecule has 136 valence electrons. The lowest BCUT2D eigenvalue weighted by atomic mass is 10.3. The number of rotatable bonds is 6. The Morgan fingerprint density at radius 1 is 1.22 bits per heavy atom. The number of nitrogens with zero attached hydrogens (tertiary/aromatic N) is 3. The Kier molecular flexibility index (Phi) is 4.99. The number of hydrogen-bond acceptors (Lipinski definition) is 6. The van der Waals surface area contributed by atoms with E-state index < -0.39 is 0 Å². The molecule has 0 bridgehead atoms. The second-order valence-corrected chi connectivity index (χ2v) is 7.53. The number of amides is 1. The van der Waals surface area contributed by atoms with E-state index in [-0.39, 0.29) is 12.5 Å². The van der Waals surface area contributed by atoms with E-state index in [0.717, 1.165) is 21.3 Å². The van der Waals surface area contributed by atoms with Gasteiger partial charge in [-0.05, 0) is 23.6 Å². The molecule has 1 amide bonds. The topological polar surface area (TPSA) is 69.0 Å². The summed E-state index contributed by atoms with van der Waals surface area (Å²) in [6.45, 7) is 0.174. The van der Waals surface area contributed by atoms with Crippen LogP contribution in [0.15, 0.2) is 59.7 Å². The highest BCUT2D eigenvalue weighted by Gasteiger charge is 2.11. The Bertz CT molecular complexity index is 1050. The molecule has 0 spiro atoms. The van der Waals surface area contributed by atoms with E-state index in [4.69, 9.17) is 4.74 Å². The summed E-state index contributed by atoms with van der Waals surface area (Å²) in [6.07, 6.45) is 3.48. The molecule has 8 heteroatoms. The number of methoxy groups -OCH3 is 1. The van der Waals surface area contributed by atoms with E-state index in [1.807, 2.05) is 47.3 Å². The number of anilines is 1. The lowest BCUT2D eigenvalue weighted by Crippen LogP contribution is -2.17. The van der Waals surface area contributed by atoms with Crippen LogP contribution < -0.4 is 10.1 Å². The van der Waals surface area contributed by atoms with Crippen molar-refractivity contribution in [3.63, 3.8) is 0 Å². The lowest BCUT2D eigenvalue weighted by Gasteiger charge is -2.07. The van der Waals surface area contributed by atoms with Crippen LogP contribution in [0, 0.1) is 0 Å². The van der Waals surface area contributed by atoms with Crippen LogP contribution in [0.1, 0.15) is 0 Å². The number of ether oxygens (including phenoxy) is 1. The summed E-state index contributed by atoms with van der Waals surface area (Å²) < 4.78 is 6.91. The Labute approximate surface area is 164 Å². The van der Waals surface area contributed by atoms with Crippen LogP contribution in [0.3, 0.4) is 0 Å². The third-order valence-electron chi connectivity index (χ3n) is 3.81. The van der Waals surface area contributed by atoms with Gasteiger partial charge in [-0.1, -0.05) is 12.1 Å². The maximum Gasteiger partial charge on any atom is 0.244 e. The summed E-state index contributed by atoms with van der Waals surface area (Å²) >= 11 is 3.20. The maximum absolute atomic E-state index is 12.3. The number of thiophene rings is 1. The largest absolute Gasteiger partial charge is 0.497 e. The van der Waals surface area contributed by atoms with Gasteiger partial charge in [-0.3, -0.25) is 4.79 Å². The van der Waals surface area contributed by atoms with Gasteiger partial charge >= 0.3 is 0 Å². The predicted molar refractivity (Wildman–Crippen MR) is 108 cm³/mol. The predicted octanol–water partition coefficient (Wildman–Crippen LogP) is 4.38. The van der Waals surface area contributed by atoms with Crippen molar-refractivity contribution in [1.82, 2.24) is 14.5 Å². The van der Waals surface area contributed by atoms with Crippen molar-refractivity contribution in [3.05, 3.63) is 59.7 Å². The third kappa shape index (κ3) is 4.07. The molecule has 0 atom stereocenters. The molecule has 4 aromatic rings. The summed E-state index contributed by atoms with van der Waals surface area (Å²) in [6, 6.07) is 11.3. The van der Waals surface area contributed by atoms with Gasteiger partial charge in [-0.2, -0.15) is 0 Å². The van der Waals surface area contributed by atoms with Crippen molar-refractivity contribution >= 4 is 34.3 Å². The Balaban J connectivity index is 1.42. The molecule has 27 heavy (non-hydrogen) atoms. The van der Waals surface area contributed by atoms with Crippen molar-refractivity contribution in [2.75, 3.05) is 12.4 Å². The minimum absolute atomic E-state index is 0.134. The van der Waals surface area contributed by atoms with Crippen molar-refractivity contribution in [3.8, 4) is 27.0 Å².